The Morgan fingerprint density at radius 2 is 1.88 bits per heavy atom. The first kappa shape index (κ1) is 15.4. The zero-order valence-electron chi connectivity index (χ0n) is 11.0. The van der Waals surface area contributed by atoms with Crippen molar-refractivity contribution in [2.75, 3.05) is 0 Å². The van der Waals surface area contributed by atoms with Crippen LogP contribution in [0.2, 0.25) is 0 Å². The van der Waals surface area contributed by atoms with Gasteiger partial charge in [-0.1, -0.05) is 6.92 Å². The second kappa shape index (κ2) is 5.62. The van der Waals surface area contributed by atoms with E-state index in [0.29, 0.717) is 0 Å². The van der Waals surface area contributed by atoms with Gasteiger partial charge in [-0.2, -0.15) is 5.26 Å². The number of hydrogen-bond acceptors (Lipinski definition) is 4. The molecule has 0 saturated carbocycles. The highest BCUT2D eigenvalue weighted by molar-refractivity contribution is 5.90. The minimum Gasteiger partial charge on any atom is -0.459 e. The van der Waals surface area contributed by atoms with Crippen LogP contribution < -0.4 is 0 Å². The van der Waals surface area contributed by atoms with Crippen molar-refractivity contribution in [1.29, 1.82) is 5.26 Å². The second-order valence-electron chi connectivity index (χ2n) is 4.88. The van der Waals surface area contributed by atoms with Crippen LogP contribution in [0.1, 0.15) is 41.0 Å². The molecule has 0 aromatic heterocycles. The van der Waals surface area contributed by atoms with Gasteiger partial charge < -0.3 is 4.74 Å². The Labute approximate surface area is 102 Å². The molecule has 0 rings (SSSR count). The van der Waals surface area contributed by atoms with E-state index in [4.69, 9.17) is 10.00 Å². The number of nitriles is 1. The number of allylic oxidation sites excluding steroid dienone is 1. The highest BCUT2D eigenvalue weighted by Gasteiger charge is 2.38. The van der Waals surface area contributed by atoms with E-state index >= 15 is 0 Å². The summed E-state index contributed by atoms with van der Waals surface area (Å²) in [6, 6.07) is 1.93. The lowest BCUT2D eigenvalue weighted by atomic mass is 9.86. The standard InChI is InChI=1S/C13H19NO3/c1-6-13(9-14,8-7-10(2)15)11(16)17-12(3,4)5/h7-8H,6H2,1-5H3/b8-7+/t13-/m0/s1. The van der Waals surface area contributed by atoms with Crippen molar-refractivity contribution in [3.8, 4) is 6.07 Å². The molecule has 94 valence electrons. The maximum Gasteiger partial charge on any atom is 0.330 e. The molecule has 0 aromatic rings. The molecule has 0 aliphatic heterocycles. The molecule has 0 bridgehead atoms. The van der Waals surface area contributed by atoms with E-state index in [2.05, 4.69) is 0 Å². The van der Waals surface area contributed by atoms with E-state index in [1.165, 1.54) is 19.1 Å². The van der Waals surface area contributed by atoms with Gasteiger partial charge in [0.25, 0.3) is 0 Å². The number of hydrogen-bond donors (Lipinski definition) is 0. The van der Waals surface area contributed by atoms with Gasteiger partial charge in [0.1, 0.15) is 5.60 Å². The average molecular weight is 237 g/mol. The van der Waals surface area contributed by atoms with Crippen molar-refractivity contribution in [3.63, 3.8) is 0 Å². The van der Waals surface area contributed by atoms with Crippen LogP contribution in [0.25, 0.3) is 0 Å². The van der Waals surface area contributed by atoms with Crippen LogP contribution in [-0.2, 0) is 14.3 Å². The SMILES string of the molecule is CC[C@@](C#N)(/C=C/C(C)=O)C(=O)OC(C)(C)C. The van der Waals surface area contributed by atoms with Gasteiger partial charge in [-0.3, -0.25) is 4.79 Å². The number of carbonyl (C=O) groups is 2. The molecule has 0 radical (unpaired) electrons. The predicted molar refractivity (Wildman–Crippen MR) is 64.0 cm³/mol. The monoisotopic (exact) mass is 237 g/mol. The summed E-state index contributed by atoms with van der Waals surface area (Å²) in [6.45, 7) is 8.27. The largest absolute Gasteiger partial charge is 0.459 e. The maximum atomic E-state index is 11.9. The van der Waals surface area contributed by atoms with Gasteiger partial charge in [0.05, 0.1) is 6.07 Å². The Morgan fingerprint density at radius 1 is 1.35 bits per heavy atom. The first-order valence-corrected chi connectivity index (χ1v) is 5.51. The number of rotatable bonds is 4. The number of carbonyl (C=O) groups excluding carboxylic acids is 2. The first-order chi connectivity index (χ1) is 7.67. The fourth-order valence-corrected chi connectivity index (χ4v) is 1.12. The summed E-state index contributed by atoms with van der Waals surface area (Å²) in [5.74, 6) is -0.825. The molecule has 17 heavy (non-hydrogen) atoms. The normalized spacial score (nSPS) is 15.1. The van der Waals surface area contributed by atoms with Crippen molar-refractivity contribution in [1.82, 2.24) is 0 Å². The smallest absolute Gasteiger partial charge is 0.330 e. The third-order valence-electron chi connectivity index (χ3n) is 2.12. The van der Waals surface area contributed by atoms with Crippen LogP contribution in [0, 0.1) is 16.7 Å². The Hall–Kier alpha value is -1.63. The summed E-state index contributed by atoms with van der Waals surface area (Å²) in [7, 11) is 0. The molecule has 0 aliphatic rings. The zero-order chi connectivity index (χ0) is 13.7. The minimum absolute atomic E-state index is 0.207. The molecule has 0 aliphatic carbocycles. The third-order valence-corrected chi connectivity index (χ3v) is 2.12. The molecule has 0 aromatic carbocycles. The molecule has 0 fully saturated rings. The third kappa shape index (κ3) is 4.81. The van der Waals surface area contributed by atoms with Crippen LogP contribution >= 0.6 is 0 Å². The van der Waals surface area contributed by atoms with Gasteiger partial charge in [-0.05, 0) is 46.3 Å². The Kier molecular flexibility index (Phi) is 5.09. The maximum absolute atomic E-state index is 11.9. The molecule has 0 N–H and O–H groups in total. The summed E-state index contributed by atoms with van der Waals surface area (Å²) in [5, 5.41) is 9.14. The van der Waals surface area contributed by atoms with E-state index < -0.39 is 17.0 Å². The topological polar surface area (TPSA) is 67.2 Å². The van der Waals surface area contributed by atoms with Crippen molar-refractivity contribution in [3.05, 3.63) is 12.2 Å². The summed E-state index contributed by atoms with van der Waals surface area (Å²) < 4.78 is 5.19. The van der Waals surface area contributed by atoms with E-state index in [1.807, 2.05) is 6.07 Å². The van der Waals surface area contributed by atoms with Gasteiger partial charge in [-0.25, -0.2) is 4.79 Å². The summed E-state index contributed by atoms with van der Waals surface area (Å²) in [6.07, 6.45) is 2.82. The van der Waals surface area contributed by atoms with E-state index in [-0.39, 0.29) is 12.2 Å². The molecular formula is C13H19NO3. The molecule has 0 amide bonds. The van der Waals surface area contributed by atoms with Gasteiger partial charge in [0.15, 0.2) is 11.2 Å². The molecule has 4 nitrogen and oxygen atoms in total. The Balaban J connectivity index is 5.16. The summed E-state index contributed by atoms with van der Waals surface area (Å²) >= 11 is 0. The lowest BCUT2D eigenvalue weighted by Gasteiger charge is -2.26. The van der Waals surface area contributed by atoms with E-state index in [1.54, 1.807) is 27.7 Å². The van der Waals surface area contributed by atoms with Crippen LogP contribution in [0.4, 0.5) is 0 Å². The number of esters is 1. The van der Waals surface area contributed by atoms with Crippen molar-refractivity contribution in [2.45, 2.75) is 46.6 Å². The van der Waals surface area contributed by atoms with Crippen molar-refractivity contribution < 1.29 is 14.3 Å². The number of nitrogens with zero attached hydrogens (tertiary/aromatic N) is 1. The van der Waals surface area contributed by atoms with Gasteiger partial charge in [0.2, 0.25) is 0 Å². The number of ketones is 1. The van der Waals surface area contributed by atoms with Crippen LogP contribution in [0.5, 0.6) is 0 Å². The molecule has 0 unspecified atom stereocenters. The lowest BCUT2D eigenvalue weighted by molar-refractivity contribution is -0.161. The average Bonchev–Trinajstić information content (AvgIpc) is 2.17. The molecule has 4 heteroatoms. The first-order valence-electron chi connectivity index (χ1n) is 5.51. The molecule has 1 atom stereocenters. The van der Waals surface area contributed by atoms with Crippen molar-refractivity contribution in [2.24, 2.45) is 5.41 Å². The highest BCUT2D eigenvalue weighted by Crippen LogP contribution is 2.27. The fraction of sp³-hybridized carbons (Fsp3) is 0.615. The van der Waals surface area contributed by atoms with Gasteiger partial charge >= 0.3 is 5.97 Å². The molecule has 0 spiro atoms. The second-order valence-corrected chi connectivity index (χ2v) is 4.88. The van der Waals surface area contributed by atoms with E-state index in [0.717, 1.165) is 0 Å². The summed E-state index contributed by atoms with van der Waals surface area (Å²) in [5.41, 5.74) is -2.03. The molecular weight excluding hydrogens is 218 g/mol. The number of ether oxygens (including phenoxy) is 1. The van der Waals surface area contributed by atoms with Crippen LogP contribution in [0.15, 0.2) is 12.2 Å². The molecule has 0 saturated heterocycles. The van der Waals surface area contributed by atoms with E-state index in [9.17, 15) is 9.59 Å². The quantitative estimate of drug-likeness (QED) is 0.556. The van der Waals surface area contributed by atoms with Crippen molar-refractivity contribution >= 4 is 11.8 Å². The van der Waals surface area contributed by atoms with Crippen LogP contribution in [0.3, 0.4) is 0 Å². The Bertz CT molecular complexity index is 371. The zero-order valence-corrected chi connectivity index (χ0v) is 11.0. The van der Waals surface area contributed by atoms with Crippen LogP contribution in [-0.4, -0.2) is 17.4 Å². The molecule has 0 heterocycles. The summed E-state index contributed by atoms with van der Waals surface area (Å²) in [4.78, 5) is 22.8. The fourth-order valence-electron chi connectivity index (χ4n) is 1.12. The van der Waals surface area contributed by atoms with Gasteiger partial charge in [-0.15, -0.1) is 0 Å². The predicted octanol–water partition coefficient (Wildman–Crippen LogP) is 2.39. The minimum atomic E-state index is -1.38. The highest BCUT2D eigenvalue weighted by atomic mass is 16.6. The Morgan fingerprint density at radius 3 is 2.18 bits per heavy atom. The van der Waals surface area contributed by atoms with Gasteiger partial charge in [0, 0.05) is 0 Å². The lowest BCUT2D eigenvalue weighted by Crippen LogP contribution is -2.35.